The minimum absolute atomic E-state index is 0.0270. The van der Waals surface area contributed by atoms with Crippen LogP contribution in [0.2, 0.25) is 0 Å². The van der Waals surface area contributed by atoms with E-state index in [1.54, 1.807) is 36.4 Å². The second-order valence-corrected chi connectivity index (χ2v) is 6.44. The Morgan fingerprint density at radius 2 is 1.85 bits per heavy atom. The van der Waals surface area contributed by atoms with E-state index < -0.39 is 0 Å². The number of nitrogens with zero attached hydrogens (tertiary/aromatic N) is 1. The molecule has 0 aliphatic carbocycles. The molecule has 2 aromatic carbocycles. The largest absolute Gasteiger partial charge is 0.495 e. The number of methoxy groups -OCH3 is 1. The number of likely N-dealkylation sites (tertiary alicyclic amines) is 1. The molecule has 1 heterocycles. The summed E-state index contributed by atoms with van der Waals surface area (Å²) in [6, 6.07) is 10.3. The number of carbonyl (C=O) groups is 2. The van der Waals surface area contributed by atoms with Crippen LogP contribution in [0.1, 0.15) is 39.1 Å². The van der Waals surface area contributed by atoms with Crippen molar-refractivity contribution in [1.29, 1.82) is 0 Å². The van der Waals surface area contributed by atoms with Gasteiger partial charge in [-0.25, -0.2) is 0 Å². The quantitative estimate of drug-likeness (QED) is 0.827. The Labute approximate surface area is 152 Å². The molecule has 2 amide bonds. The molecule has 3 N–H and O–H groups in total. The summed E-state index contributed by atoms with van der Waals surface area (Å²) in [6.45, 7) is 3.39. The number of rotatable bonds is 4. The first kappa shape index (κ1) is 17.8. The van der Waals surface area contributed by atoms with E-state index in [4.69, 9.17) is 10.5 Å². The number of nitrogen functional groups attached to an aromatic ring is 1. The molecule has 1 saturated heterocycles. The Bertz CT molecular complexity index is 842. The fraction of sp³-hybridized carbons (Fsp3) is 0.300. The number of nitrogens with one attached hydrogen (secondary N) is 1. The summed E-state index contributed by atoms with van der Waals surface area (Å²) in [6.07, 6.45) is 2.06. The Morgan fingerprint density at radius 3 is 2.54 bits per heavy atom. The highest BCUT2D eigenvalue weighted by Gasteiger charge is 2.21. The van der Waals surface area contributed by atoms with Crippen molar-refractivity contribution in [3.8, 4) is 5.75 Å². The first-order valence-electron chi connectivity index (χ1n) is 8.64. The van der Waals surface area contributed by atoms with Gasteiger partial charge in [0.15, 0.2) is 0 Å². The lowest BCUT2D eigenvalue weighted by molar-refractivity contribution is 0.0792. The molecule has 1 aliphatic heterocycles. The molecule has 0 spiro atoms. The topological polar surface area (TPSA) is 84.7 Å². The first-order valence-corrected chi connectivity index (χ1v) is 8.64. The van der Waals surface area contributed by atoms with Gasteiger partial charge in [-0.3, -0.25) is 9.59 Å². The van der Waals surface area contributed by atoms with Gasteiger partial charge in [-0.1, -0.05) is 6.07 Å². The van der Waals surface area contributed by atoms with Crippen LogP contribution in [0.4, 0.5) is 11.4 Å². The molecule has 0 unspecified atom stereocenters. The average Bonchev–Trinajstić information content (AvgIpc) is 3.17. The van der Waals surface area contributed by atoms with Gasteiger partial charge >= 0.3 is 0 Å². The lowest BCUT2D eigenvalue weighted by Crippen LogP contribution is -2.27. The number of aryl methyl sites for hydroxylation is 1. The van der Waals surface area contributed by atoms with Crippen LogP contribution < -0.4 is 15.8 Å². The third-order valence-corrected chi connectivity index (χ3v) is 4.59. The SMILES string of the molecule is COc1ccc(C(=O)N2CCCC2)cc1NC(=O)c1cc(N)ccc1C. The maximum absolute atomic E-state index is 12.7. The van der Waals surface area contributed by atoms with Gasteiger partial charge in [-0.05, 0) is 55.7 Å². The number of hydrogen-bond acceptors (Lipinski definition) is 4. The van der Waals surface area contributed by atoms with Crippen LogP contribution >= 0.6 is 0 Å². The molecule has 1 aliphatic rings. The lowest BCUT2D eigenvalue weighted by atomic mass is 10.1. The number of amides is 2. The zero-order chi connectivity index (χ0) is 18.7. The van der Waals surface area contributed by atoms with E-state index in [1.165, 1.54) is 7.11 Å². The van der Waals surface area contributed by atoms with Crippen LogP contribution in [0.25, 0.3) is 0 Å². The molecule has 0 atom stereocenters. The van der Waals surface area contributed by atoms with Crippen molar-refractivity contribution in [1.82, 2.24) is 4.90 Å². The van der Waals surface area contributed by atoms with Gasteiger partial charge in [-0.15, -0.1) is 0 Å². The molecule has 0 saturated carbocycles. The lowest BCUT2D eigenvalue weighted by Gasteiger charge is -2.17. The van der Waals surface area contributed by atoms with Crippen LogP contribution in [0.5, 0.6) is 5.75 Å². The van der Waals surface area contributed by atoms with Crippen molar-refractivity contribution in [2.75, 3.05) is 31.2 Å². The van der Waals surface area contributed by atoms with E-state index in [2.05, 4.69) is 5.32 Å². The third kappa shape index (κ3) is 3.64. The zero-order valence-electron chi connectivity index (χ0n) is 15.0. The summed E-state index contributed by atoms with van der Waals surface area (Å²) in [5.41, 5.74) is 8.62. The van der Waals surface area contributed by atoms with Gasteiger partial charge in [-0.2, -0.15) is 0 Å². The predicted octanol–water partition coefficient (Wildman–Crippen LogP) is 3.07. The number of carbonyl (C=O) groups excluding carboxylic acids is 2. The summed E-state index contributed by atoms with van der Waals surface area (Å²) in [5, 5.41) is 2.84. The smallest absolute Gasteiger partial charge is 0.256 e. The van der Waals surface area contributed by atoms with Crippen LogP contribution in [0.3, 0.4) is 0 Å². The average molecular weight is 353 g/mol. The standard InChI is InChI=1S/C20H23N3O3/c1-13-5-7-15(21)12-16(13)19(24)22-17-11-14(6-8-18(17)26-2)20(25)23-9-3-4-10-23/h5-8,11-12H,3-4,9-10,21H2,1-2H3,(H,22,24). The molecule has 3 rings (SSSR count). The van der Waals surface area contributed by atoms with Gasteiger partial charge in [0, 0.05) is 29.9 Å². The van der Waals surface area contributed by atoms with Crippen LogP contribution in [-0.2, 0) is 0 Å². The first-order chi connectivity index (χ1) is 12.5. The molecular formula is C20H23N3O3. The van der Waals surface area contributed by atoms with E-state index in [9.17, 15) is 9.59 Å². The van der Waals surface area contributed by atoms with E-state index in [1.807, 2.05) is 11.8 Å². The molecular weight excluding hydrogens is 330 g/mol. The Balaban J connectivity index is 1.88. The fourth-order valence-electron chi connectivity index (χ4n) is 3.12. The monoisotopic (exact) mass is 353 g/mol. The molecule has 1 fully saturated rings. The van der Waals surface area contributed by atoms with E-state index >= 15 is 0 Å². The Kier molecular flexibility index (Phi) is 5.11. The summed E-state index contributed by atoms with van der Waals surface area (Å²) in [4.78, 5) is 27.1. The van der Waals surface area contributed by atoms with Crippen molar-refractivity contribution in [2.45, 2.75) is 19.8 Å². The van der Waals surface area contributed by atoms with Crippen molar-refractivity contribution in [3.63, 3.8) is 0 Å². The molecule has 0 radical (unpaired) electrons. The maximum Gasteiger partial charge on any atom is 0.256 e. The fourth-order valence-corrected chi connectivity index (χ4v) is 3.12. The highest BCUT2D eigenvalue weighted by atomic mass is 16.5. The van der Waals surface area contributed by atoms with Crippen molar-refractivity contribution >= 4 is 23.2 Å². The van der Waals surface area contributed by atoms with Gasteiger partial charge in [0.1, 0.15) is 5.75 Å². The second-order valence-electron chi connectivity index (χ2n) is 6.44. The van der Waals surface area contributed by atoms with E-state index in [0.717, 1.165) is 31.5 Å². The number of benzene rings is 2. The Morgan fingerprint density at radius 1 is 1.12 bits per heavy atom. The highest BCUT2D eigenvalue weighted by molar-refractivity contribution is 6.07. The zero-order valence-corrected chi connectivity index (χ0v) is 15.0. The number of hydrogen-bond donors (Lipinski definition) is 2. The van der Waals surface area contributed by atoms with Crippen LogP contribution in [-0.4, -0.2) is 36.9 Å². The van der Waals surface area contributed by atoms with Gasteiger partial charge in [0.25, 0.3) is 11.8 Å². The van der Waals surface area contributed by atoms with Crippen LogP contribution in [0, 0.1) is 6.92 Å². The minimum atomic E-state index is -0.293. The number of ether oxygens (including phenoxy) is 1. The normalized spacial score (nSPS) is 13.5. The highest BCUT2D eigenvalue weighted by Crippen LogP contribution is 2.28. The third-order valence-electron chi connectivity index (χ3n) is 4.59. The van der Waals surface area contributed by atoms with Crippen LogP contribution in [0.15, 0.2) is 36.4 Å². The molecule has 6 heteroatoms. The second kappa shape index (κ2) is 7.47. The summed E-state index contributed by atoms with van der Waals surface area (Å²) < 4.78 is 5.33. The van der Waals surface area contributed by atoms with Crippen molar-refractivity contribution < 1.29 is 14.3 Å². The van der Waals surface area contributed by atoms with Gasteiger partial charge in [0.2, 0.25) is 0 Å². The predicted molar refractivity (Wildman–Crippen MR) is 102 cm³/mol. The molecule has 26 heavy (non-hydrogen) atoms. The Hall–Kier alpha value is -3.02. The molecule has 0 aromatic heterocycles. The van der Waals surface area contributed by atoms with Crippen molar-refractivity contribution in [3.05, 3.63) is 53.1 Å². The molecule has 136 valence electrons. The molecule has 2 aromatic rings. The maximum atomic E-state index is 12.7. The van der Waals surface area contributed by atoms with Gasteiger partial charge in [0.05, 0.1) is 12.8 Å². The summed E-state index contributed by atoms with van der Waals surface area (Å²) >= 11 is 0. The number of anilines is 2. The van der Waals surface area contributed by atoms with E-state index in [0.29, 0.717) is 28.3 Å². The molecule has 6 nitrogen and oxygen atoms in total. The molecule has 0 bridgehead atoms. The summed E-state index contributed by atoms with van der Waals surface area (Å²) in [5.74, 6) is 0.178. The summed E-state index contributed by atoms with van der Waals surface area (Å²) in [7, 11) is 1.53. The van der Waals surface area contributed by atoms with E-state index in [-0.39, 0.29) is 11.8 Å². The van der Waals surface area contributed by atoms with Crippen molar-refractivity contribution in [2.24, 2.45) is 0 Å². The minimum Gasteiger partial charge on any atom is -0.495 e. The number of nitrogens with two attached hydrogens (primary N) is 1. The van der Waals surface area contributed by atoms with Gasteiger partial charge < -0.3 is 20.7 Å².